The predicted octanol–water partition coefficient (Wildman–Crippen LogP) is 2.76. The van der Waals surface area contributed by atoms with Gasteiger partial charge in [-0.25, -0.2) is 8.42 Å². The lowest BCUT2D eigenvalue weighted by Crippen LogP contribution is -2.52. The van der Waals surface area contributed by atoms with E-state index in [0.29, 0.717) is 49.5 Å². The first-order valence-electron chi connectivity index (χ1n) is 10.9. The van der Waals surface area contributed by atoms with Gasteiger partial charge in [-0.1, -0.05) is 32.9 Å². The number of amides is 1. The van der Waals surface area contributed by atoms with Gasteiger partial charge in [0.05, 0.1) is 11.4 Å². The van der Waals surface area contributed by atoms with Crippen LogP contribution in [0, 0.1) is 5.92 Å². The van der Waals surface area contributed by atoms with Crippen LogP contribution in [-0.4, -0.2) is 74.2 Å². The Hall–Kier alpha value is -1.44. The summed E-state index contributed by atoms with van der Waals surface area (Å²) in [5, 5.41) is 0. The SMILES string of the molecule is CC[C@H](C)c1ccc(S(=O)(=O)N2CCN(CC(=O)N3CCC(C)CC3)CC2)cc1. The second-order valence-corrected chi connectivity index (χ2v) is 10.6. The lowest BCUT2D eigenvalue weighted by atomic mass is 9.99. The molecule has 1 aromatic rings. The maximum Gasteiger partial charge on any atom is 0.243 e. The van der Waals surface area contributed by atoms with Crippen molar-refractivity contribution in [2.24, 2.45) is 5.92 Å². The van der Waals surface area contributed by atoms with Gasteiger partial charge in [0.2, 0.25) is 15.9 Å². The van der Waals surface area contributed by atoms with Gasteiger partial charge in [0.1, 0.15) is 0 Å². The molecule has 3 rings (SSSR count). The Labute approximate surface area is 175 Å². The van der Waals surface area contributed by atoms with Crippen molar-refractivity contribution in [1.29, 1.82) is 0 Å². The number of sulfonamides is 1. The van der Waals surface area contributed by atoms with Crippen LogP contribution in [0.25, 0.3) is 0 Å². The topological polar surface area (TPSA) is 60.9 Å². The van der Waals surface area contributed by atoms with Crippen molar-refractivity contribution < 1.29 is 13.2 Å². The van der Waals surface area contributed by atoms with Gasteiger partial charge in [0.15, 0.2) is 0 Å². The maximum atomic E-state index is 13.0. The quantitative estimate of drug-likeness (QED) is 0.709. The van der Waals surface area contributed by atoms with Crippen molar-refractivity contribution in [3.63, 3.8) is 0 Å². The molecule has 0 spiro atoms. The second-order valence-electron chi connectivity index (χ2n) is 8.62. The highest BCUT2D eigenvalue weighted by molar-refractivity contribution is 7.89. The van der Waals surface area contributed by atoms with Gasteiger partial charge in [-0.3, -0.25) is 9.69 Å². The summed E-state index contributed by atoms with van der Waals surface area (Å²) in [4.78, 5) is 16.9. The molecule has 2 aliphatic heterocycles. The van der Waals surface area contributed by atoms with E-state index in [4.69, 9.17) is 0 Å². The Bertz CT molecular complexity index is 778. The molecule has 29 heavy (non-hydrogen) atoms. The lowest BCUT2D eigenvalue weighted by Gasteiger charge is -2.36. The van der Waals surface area contributed by atoms with Gasteiger partial charge < -0.3 is 4.90 Å². The number of piperidine rings is 1. The number of likely N-dealkylation sites (tertiary alicyclic amines) is 1. The highest BCUT2D eigenvalue weighted by atomic mass is 32.2. The molecule has 7 heteroatoms. The standard InChI is InChI=1S/C22H35N3O3S/c1-4-19(3)20-5-7-21(8-6-20)29(27,28)25-15-13-23(14-16-25)17-22(26)24-11-9-18(2)10-12-24/h5-8,18-19H,4,9-17H2,1-3H3/t19-/m0/s1. The molecule has 0 bridgehead atoms. The van der Waals surface area contributed by atoms with Gasteiger partial charge in [-0.05, 0) is 48.8 Å². The molecule has 1 amide bonds. The fraction of sp³-hybridized carbons (Fsp3) is 0.682. The molecule has 0 saturated carbocycles. The van der Waals surface area contributed by atoms with Gasteiger partial charge >= 0.3 is 0 Å². The van der Waals surface area contributed by atoms with E-state index in [1.165, 1.54) is 5.56 Å². The van der Waals surface area contributed by atoms with E-state index in [2.05, 4.69) is 25.7 Å². The molecule has 0 radical (unpaired) electrons. The first kappa shape index (κ1) is 22.2. The number of hydrogen-bond donors (Lipinski definition) is 0. The Balaban J connectivity index is 1.53. The summed E-state index contributed by atoms with van der Waals surface area (Å²) in [5.74, 6) is 1.30. The minimum Gasteiger partial charge on any atom is -0.342 e. The van der Waals surface area contributed by atoms with Crippen molar-refractivity contribution in [2.45, 2.75) is 50.8 Å². The summed E-state index contributed by atoms with van der Waals surface area (Å²) in [6, 6.07) is 7.30. The van der Waals surface area contributed by atoms with Gasteiger partial charge in [0, 0.05) is 39.3 Å². The van der Waals surface area contributed by atoms with E-state index in [-0.39, 0.29) is 5.91 Å². The fourth-order valence-electron chi connectivity index (χ4n) is 4.03. The van der Waals surface area contributed by atoms with Crippen LogP contribution in [0.5, 0.6) is 0 Å². The molecule has 0 aromatic heterocycles. The van der Waals surface area contributed by atoms with E-state index in [1.807, 2.05) is 17.0 Å². The zero-order valence-corrected chi connectivity index (χ0v) is 18.8. The van der Waals surface area contributed by atoms with Gasteiger partial charge in [-0.15, -0.1) is 0 Å². The van der Waals surface area contributed by atoms with Gasteiger partial charge in [0.25, 0.3) is 0 Å². The Kier molecular flexibility index (Phi) is 7.35. The summed E-state index contributed by atoms with van der Waals surface area (Å²) in [6.07, 6.45) is 3.18. The number of rotatable bonds is 6. The summed E-state index contributed by atoms with van der Waals surface area (Å²) < 4.78 is 27.5. The molecule has 0 unspecified atom stereocenters. The number of carbonyl (C=O) groups excluding carboxylic acids is 1. The minimum absolute atomic E-state index is 0.175. The third-order valence-electron chi connectivity index (χ3n) is 6.53. The van der Waals surface area contributed by atoms with Crippen molar-refractivity contribution in [1.82, 2.24) is 14.1 Å². The van der Waals surface area contributed by atoms with Crippen LogP contribution in [0.4, 0.5) is 0 Å². The van der Waals surface area contributed by atoms with Crippen molar-refractivity contribution in [3.8, 4) is 0 Å². The van der Waals surface area contributed by atoms with Crippen molar-refractivity contribution in [3.05, 3.63) is 29.8 Å². The van der Waals surface area contributed by atoms with Crippen LogP contribution >= 0.6 is 0 Å². The first-order valence-corrected chi connectivity index (χ1v) is 12.4. The number of piperazine rings is 1. The first-order chi connectivity index (χ1) is 13.8. The van der Waals surface area contributed by atoms with E-state index in [1.54, 1.807) is 16.4 Å². The number of nitrogens with zero attached hydrogens (tertiary/aromatic N) is 3. The molecule has 6 nitrogen and oxygen atoms in total. The Morgan fingerprint density at radius 3 is 2.17 bits per heavy atom. The molecule has 162 valence electrons. The molecule has 2 saturated heterocycles. The minimum atomic E-state index is -3.48. The van der Waals surface area contributed by atoms with Crippen LogP contribution in [0.2, 0.25) is 0 Å². The van der Waals surface area contributed by atoms with Crippen LogP contribution in [0.15, 0.2) is 29.2 Å². The van der Waals surface area contributed by atoms with E-state index < -0.39 is 10.0 Å². The zero-order chi connectivity index (χ0) is 21.0. The number of carbonyl (C=O) groups is 1. The van der Waals surface area contributed by atoms with E-state index in [0.717, 1.165) is 32.4 Å². The third kappa shape index (κ3) is 5.38. The fourth-order valence-corrected chi connectivity index (χ4v) is 5.45. The number of benzene rings is 1. The average molecular weight is 422 g/mol. The maximum absolute atomic E-state index is 13.0. The largest absolute Gasteiger partial charge is 0.342 e. The van der Waals surface area contributed by atoms with E-state index in [9.17, 15) is 13.2 Å². The van der Waals surface area contributed by atoms with Crippen molar-refractivity contribution in [2.75, 3.05) is 45.8 Å². The van der Waals surface area contributed by atoms with E-state index >= 15 is 0 Å². The zero-order valence-electron chi connectivity index (χ0n) is 18.0. The molecular formula is C22H35N3O3S. The molecular weight excluding hydrogens is 386 g/mol. The van der Waals surface area contributed by atoms with Crippen molar-refractivity contribution >= 4 is 15.9 Å². The second kappa shape index (κ2) is 9.58. The molecule has 1 aromatic carbocycles. The predicted molar refractivity (Wildman–Crippen MR) is 115 cm³/mol. The summed E-state index contributed by atoms with van der Waals surface area (Å²) >= 11 is 0. The van der Waals surface area contributed by atoms with Crippen LogP contribution < -0.4 is 0 Å². The molecule has 2 heterocycles. The smallest absolute Gasteiger partial charge is 0.243 e. The van der Waals surface area contributed by atoms with Crippen LogP contribution in [0.1, 0.15) is 51.5 Å². The third-order valence-corrected chi connectivity index (χ3v) is 8.44. The summed E-state index contributed by atoms with van der Waals surface area (Å²) in [6.45, 7) is 10.7. The molecule has 1 atom stereocenters. The lowest BCUT2D eigenvalue weighted by molar-refractivity contribution is -0.134. The van der Waals surface area contributed by atoms with Gasteiger partial charge in [-0.2, -0.15) is 4.31 Å². The highest BCUT2D eigenvalue weighted by Gasteiger charge is 2.30. The Morgan fingerprint density at radius 1 is 1.03 bits per heavy atom. The molecule has 2 aliphatic rings. The highest BCUT2D eigenvalue weighted by Crippen LogP contribution is 2.23. The normalized spacial score (nSPS) is 21.3. The summed E-state index contributed by atoms with van der Waals surface area (Å²) in [5.41, 5.74) is 1.17. The molecule has 0 aliphatic carbocycles. The number of hydrogen-bond acceptors (Lipinski definition) is 4. The average Bonchev–Trinajstić information content (AvgIpc) is 2.74. The molecule has 0 N–H and O–H groups in total. The van der Waals surface area contributed by atoms with Crippen LogP contribution in [-0.2, 0) is 14.8 Å². The monoisotopic (exact) mass is 421 g/mol. The van der Waals surface area contributed by atoms with Crippen LogP contribution in [0.3, 0.4) is 0 Å². The summed E-state index contributed by atoms with van der Waals surface area (Å²) in [7, 11) is -3.48. The Morgan fingerprint density at radius 2 is 1.62 bits per heavy atom. The molecule has 2 fully saturated rings.